The summed E-state index contributed by atoms with van der Waals surface area (Å²) in [6.45, 7) is 3.92. The van der Waals surface area contributed by atoms with Crippen molar-refractivity contribution < 1.29 is 14.4 Å². The average molecular weight is 412 g/mol. The van der Waals surface area contributed by atoms with Crippen molar-refractivity contribution in [2.45, 2.75) is 20.3 Å². The Kier molecular flexibility index (Phi) is 3.83. The van der Waals surface area contributed by atoms with Gasteiger partial charge in [0.25, 0.3) is 5.91 Å². The van der Waals surface area contributed by atoms with Crippen LogP contribution in [0.2, 0.25) is 0 Å². The lowest BCUT2D eigenvalue weighted by Crippen LogP contribution is -2.40. The summed E-state index contributed by atoms with van der Waals surface area (Å²) in [4.78, 5) is 40.6. The van der Waals surface area contributed by atoms with E-state index in [0.717, 1.165) is 23.2 Å². The summed E-state index contributed by atoms with van der Waals surface area (Å²) < 4.78 is 0. The maximum Gasteiger partial charge on any atom is 0.255 e. The Labute approximate surface area is 181 Å². The number of rotatable bonds is 3. The first-order chi connectivity index (χ1) is 15.0. The Hall–Kier alpha value is -3.21. The Morgan fingerprint density at radius 2 is 1.42 bits per heavy atom. The maximum atomic E-state index is 13.2. The van der Waals surface area contributed by atoms with Gasteiger partial charge in [-0.1, -0.05) is 30.4 Å². The van der Waals surface area contributed by atoms with Gasteiger partial charge in [-0.25, -0.2) is 0 Å². The number of hydrogen-bond donors (Lipinski definition) is 1. The number of hydrogen-bond acceptors (Lipinski definition) is 3. The quantitative estimate of drug-likeness (QED) is 0.609. The highest BCUT2D eigenvalue weighted by molar-refractivity contribution is 6.22. The van der Waals surface area contributed by atoms with E-state index in [4.69, 9.17) is 0 Å². The number of aryl methyl sites for hydroxylation is 2. The molecule has 0 aromatic heterocycles. The van der Waals surface area contributed by atoms with Crippen molar-refractivity contribution >= 4 is 29.1 Å². The number of allylic oxidation sites excluding steroid dienone is 2. The molecule has 5 heteroatoms. The van der Waals surface area contributed by atoms with Crippen molar-refractivity contribution in [1.29, 1.82) is 0 Å². The van der Waals surface area contributed by atoms with Crippen molar-refractivity contribution in [3.8, 4) is 0 Å². The van der Waals surface area contributed by atoms with Crippen LogP contribution in [0.25, 0.3) is 0 Å². The van der Waals surface area contributed by atoms with Crippen molar-refractivity contribution in [3.63, 3.8) is 0 Å². The van der Waals surface area contributed by atoms with Gasteiger partial charge >= 0.3 is 0 Å². The number of amides is 3. The number of carbonyl (C=O) groups is 3. The third-order valence-corrected chi connectivity index (χ3v) is 7.77. The van der Waals surface area contributed by atoms with Crippen LogP contribution in [0.1, 0.15) is 27.9 Å². The minimum atomic E-state index is -0.210. The molecule has 6 atom stereocenters. The van der Waals surface area contributed by atoms with Gasteiger partial charge < -0.3 is 5.32 Å². The van der Waals surface area contributed by atoms with Gasteiger partial charge in [0, 0.05) is 11.3 Å². The van der Waals surface area contributed by atoms with Gasteiger partial charge in [0.2, 0.25) is 11.8 Å². The van der Waals surface area contributed by atoms with Gasteiger partial charge in [-0.05, 0) is 79.3 Å². The van der Waals surface area contributed by atoms with Crippen molar-refractivity contribution in [2.75, 3.05) is 10.2 Å². The molecule has 2 aromatic rings. The highest BCUT2D eigenvalue weighted by Crippen LogP contribution is 2.65. The molecule has 0 unspecified atom stereocenters. The molecular formula is C26H24N2O3. The molecule has 4 aliphatic carbocycles. The molecule has 31 heavy (non-hydrogen) atoms. The smallest absolute Gasteiger partial charge is 0.255 e. The van der Waals surface area contributed by atoms with E-state index in [1.165, 1.54) is 4.90 Å². The van der Waals surface area contributed by atoms with Crippen LogP contribution in [0.15, 0.2) is 54.6 Å². The highest BCUT2D eigenvalue weighted by Gasteiger charge is 2.67. The Morgan fingerprint density at radius 3 is 1.97 bits per heavy atom. The zero-order valence-corrected chi connectivity index (χ0v) is 17.5. The molecule has 1 heterocycles. The lowest BCUT2D eigenvalue weighted by Gasteiger charge is -2.37. The molecule has 1 N–H and O–H groups in total. The van der Waals surface area contributed by atoms with E-state index in [0.29, 0.717) is 23.1 Å². The predicted molar refractivity (Wildman–Crippen MR) is 118 cm³/mol. The van der Waals surface area contributed by atoms with Gasteiger partial charge in [-0.15, -0.1) is 0 Å². The fourth-order valence-corrected chi connectivity index (χ4v) is 6.17. The Bertz CT molecular complexity index is 1110. The van der Waals surface area contributed by atoms with Gasteiger partial charge in [0.05, 0.1) is 17.5 Å². The lowest BCUT2D eigenvalue weighted by atomic mass is 9.63. The van der Waals surface area contributed by atoms with E-state index in [9.17, 15) is 14.4 Å². The summed E-state index contributed by atoms with van der Waals surface area (Å²) in [6.07, 6.45) is 5.51. The fraction of sp³-hybridized carbons (Fsp3) is 0.346. The van der Waals surface area contributed by atoms with Crippen LogP contribution in [0.3, 0.4) is 0 Å². The third kappa shape index (κ3) is 2.59. The summed E-state index contributed by atoms with van der Waals surface area (Å²) in [7, 11) is 0. The summed E-state index contributed by atoms with van der Waals surface area (Å²) in [5.41, 5.74) is 3.86. The lowest BCUT2D eigenvalue weighted by molar-refractivity contribution is -0.124. The first-order valence-electron chi connectivity index (χ1n) is 11.0. The molecule has 156 valence electrons. The number of carbonyl (C=O) groups excluding carboxylic acids is 3. The molecule has 0 radical (unpaired) electrons. The van der Waals surface area contributed by atoms with Crippen molar-refractivity contribution in [2.24, 2.45) is 35.5 Å². The third-order valence-electron chi connectivity index (χ3n) is 7.77. The molecule has 0 spiro atoms. The molecule has 2 bridgehead atoms. The van der Waals surface area contributed by atoms with Gasteiger partial charge in [0.1, 0.15) is 0 Å². The summed E-state index contributed by atoms with van der Waals surface area (Å²) in [5, 5.41) is 2.98. The van der Waals surface area contributed by atoms with Crippen LogP contribution in [0, 0.1) is 49.4 Å². The maximum absolute atomic E-state index is 13.2. The van der Waals surface area contributed by atoms with Crippen LogP contribution < -0.4 is 10.2 Å². The van der Waals surface area contributed by atoms with Gasteiger partial charge in [-0.2, -0.15) is 0 Å². The standard InChI is InChI=1S/C26H24N2O3/c1-13-4-3-5-14(2)23(13)27-24(29)15-6-8-16(9-7-15)28-25(30)21-17-10-11-18(20-12-19(17)20)22(21)26(28)31/h3-11,17-22H,12H2,1-2H3,(H,27,29)/t17-,18-,19-,20-,21-,22+/m1/s1. The summed E-state index contributed by atoms with van der Waals surface area (Å²) in [5.74, 6) is 0.816. The van der Waals surface area contributed by atoms with Gasteiger partial charge in [0.15, 0.2) is 0 Å². The minimum absolute atomic E-state index is 0.0764. The fourth-order valence-electron chi connectivity index (χ4n) is 6.17. The summed E-state index contributed by atoms with van der Waals surface area (Å²) >= 11 is 0. The molecule has 2 aromatic carbocycles. The van der Waals surface area contributed by atoms with E-state index in [1.807, 2.05) is 32.0 Å². The monoisotopic (exact) mass is 412 g/mol. The summed E-state index contributed by atoms with van der Waals surface area (Å²) in [6, 6.07) is 12.7. The first-order valence-corrected chi connectivity index (χ1v) is 11.0. The zero-order valence-electron chi connectivity index (χ0n) is 17.5. The molecule has 1 aliphatic heterocycles. The SMILES string of the molecule is Cc1cccc(C)c1NC(=O)c1ccc(N2C(=O)[C@@H]3[C@@H]4C=C[C@H]([C@H]5C[C@H]45)[C@@H]3C2=O)cc1. The molecule has 5 aliphatic rings. The second-order valence-electron chi connectivity index (χ2n) is 9.43. The van der Waals surface area contributed by atoms with Crippen LogP contribution >= 0.6 is 0 Å². The number of nitrogens with one attached hydrogen (secondary N) is 1. The second kappa shape index (κ2) is 6.39. The Morgan fingerprint density at radius 1 is 0.871 bits per heavy atom. The molecule has 3 fully saturated rings. The topological polar surface area (TPSA) is 66.5 Å². The Balaban J connectivity index is 1.24. The van der Waals surface area contributed by atoms with Crippen LogP contribution in [-0.4, -0.2) is 17.7 Å². The van der Waals surface area contributed by atoms with Crippen molar-refractivity contribution in [3.05, 3.63) is 71.3 Å². The number of para-hydroxylation sites is 1. The minimum Gasteiger partial charge on any atom is -0.322 e. The number of imide groups is 1. The zero-order chi connectivity index (χ0) is 21.4. The highest BCUT2D eigenvalue weighted by atomic mass is 16.2. The van der Waals surface area contributed by atoms with E-state index in [2.05, 4.69) is 17.5 Å². The number of benzene rings is 2. The average Bonchev–Trinajstić information content (AvgIpc) is 3.54. The predicted octanol–water partition coefficient (Wildman–Crippen LogP) is 4.11. The first kappa shape index (κ1) is 18.6. The van der Waals surface area contributed by atoms with E-state index >= 15 is 0 Å². The normalized spacial score (nSPS) is 32.1. The van der Waals surface area contributed by atoms with Crippen LogP contribution in [-0.2, 0) is 9.59 Å². The molecule has 1 saturated heterocycles. The molecule has 2 saturated carbocycles. The largest absolute Gasteiger partial charge is 0.322 e. The second-order valence-corrected chi connectivity index (χ2v) is 9.43. The van der Waals surface area contributed by atoms with Crippen LogP contribution in [0.4, 0.5) is 11.4 Å². The molecule has 5 nitrogen and oxygen atoms in total. The molecule has 7 rings (SSSR count). The number of nitrogens with zero attached hydrogens (tertiary/aromatic N) is 1. The van der Waals surface area contributed by atoms with E-state index < -0.39 is 0 Å². The van der Waals surface area contributed by atoms with Crippen molar-refractivity contribution in [1.82, 2.24) is 0 Å². The van der Waals surface area contributed by atoms with Gasteiger partial charge in [-0.3, -0.25) is 19.3 Å². The van der Waals surface area contributed by atoms with Crippen LogP contribution in [0.5, 0.6) is 0 Å². The van der Waals surface area contributed by atoms with E-state index in [-0.39, 0.29) is 41.4 Å². The number of anilines is 2. The molecule has 3 amide bonds. The molecular weight excluding hydrogens is 388 g/mol. The van der Waals surface area contributed by atoms with E-state index in [1.54, 1.807) is 24.3 Å².